The Morgan fingerprint density at radius 1 is 1.17 bits per heavy atom. The van der Waals surface area contributed by atoms with Crippen LogP contribution in [0.25, 0.3) is 15.6 Å². The highest BCUT2D eigenvalue weighted by atomic mass is 19.3. The van der Waals surface area contributed by atoms with E-state index in [-0.39, 0.29) is 18.0 Å². The summed E-state index contributed by atoms with van der Waals surface area (Å²) in [6.45, 7) is 4.26. The number of halogens is 3. The van der Waals surface area contributed by atoms with Crippen LogP contribution in [0.1, 0.15) is 0 Å². The molecule has 1 atom stereocenters. The summed E-state index contributed by atoms with van der Waals surface area (Å²) in [4.78, 5) is 23.0. The van der Waals surface area contributed by atoms with Crippen molar-refractivity contribution in [2.75, 3.05) is 16.3 Å². The maximum Gasteiger partial charge on any atom is 0.387 e. The Balaban J connectivity index is 1.77. The number of carbonyl (C=O) groups excluding carboxylic acids is 1. The molecule has 0 N–H and O–H groups in total. The third kappa shape index (κ3) is 3.29. The number of amides is 2. The number of nitrogens with zero attached hydrogens (tertiary/aromatic N) is 4. The second-order valence-corrected chi connectivity index (χ2v) is 6.24. The lowest BCUT2D eigenvalue weighted by atomic mass is 10.1. The zero-order valence-electron chi connectivity index (χ0n) is 14.8. The SMILES string of the molecule is [C-]#[N+][C@H]1CN(c2cc(OC(F)F)ccc2F)C(=O)N1c1cncc2ccccc12. The minimum Gasteiger partial charge on any atom is -0.435 e. The molecule has 6 nitrogen and oxygen atoms in total. The Morgan fingerprint density at radius 2 is 1.97 bits per heavy atom. The van der Waals surface area contributed by atoms with Gasteiger partial charge in [-0.3, -0.25) is 14.7 Å². The van der Waals surface area contributed by atoms with Crippen molar-refractivity contribution in [2.24, 2.45) is 0 Å². The Bertz CT molecular complexity index is 1130. The lowest BCUT2D eigenvalue weighted by Crippen LogP contribution is -2.34. The second kappa shape index (κ2) is 7.31. The summed E-state index contributed by atoms with van der Waals surface area (Å²) in [6.07, 6.45) is 2.16. The van der Waals surface area contributed by atoms with Gasteiger partial charge in [0.2, 0.25) is 0 Å². The molecular weight excluding hydrogens is 385 g/mol. The minimum atomic E-state index is -3.09. The fraction of sp³-hybridized carbons (Fsp3) is 0.150. The standard InChI is InChI=1S/C20H13F3N4O2/c1-24-18-11-26(16-8-13(29-19(22)23)6-7-15(16)21)20(28)27(18)17-10-25-9-12-4-2-3-5-14(12)17/h2-10,18-19H,11H2/t18-/m1/s1. The van der Waals surface area contributed by atoms with Crippen LogP contribution in [-0.2, 0) is 0 Å². The summed E-state index contributed by atoms with van der Waals surface area (Å²) < 4.78 is 43.7. The molecule has 29 heavy (non-hydrogen) atoms. The molecule has 0 aliphatic carbocycles. The van der Waals surface area contributed by atoms with Crippen molar-refractivity contribution >= 4 is 28.2 Å². The molecule has 4 rings (SSSR count). The van der Waals surface area contributed by atoms with E-state index in [2.05, 4.69) is 14.6 Å². The monoisotopic (exact) mass is 398 g/mol. The van der Waals surface area contributed by atoms with Crippen molar-refractivity contribution in [1.82, 2.24) is 4.98 Å². The van der Waals surface area contributed by atoms with Crippen molar-refractivity contribution in [1.29, 1.82) is 0 Å². The van der Waals surface area contributed by atoms with Crippen LogP contribution in [0, 0.1) is 12.4 Å². The number of anilines is 2. The van der Waals surface area contributed by atoms with Gasteiger partial charge in [0.05, 0.1) is 17.6 Å². The molecule has 1 aromatic heterocycles. The molecule has 1 saturated heterocycles. The zero-order chi connectivity index (χ0) is 20.5. The number of benzene rings is 2. The molecule has 3 aromatic rings. The maximum absolute atomic E-state index is 14.4. The molecule has 1 aliphatic rings. The molecule has 0 radical (unpaired) electrons. The Kier molecular flexibility index (Phi) is 4.68. The van der Waals surface area contributed by atoms with E-state index in [1.807, 2.05) is 12.1 Å². The number of hydrogen-bond donors (Lipinski definition) is 0. The summed E-state index contributed by atoms with van der Waals surface area (Å²) in [7, 11) is 0. The van der Waals surface area contributed by atoms with Gasteiger partial charge in [0.25, 0.3) is 0 Å². The first-order chi connectivity index (χ1) is 14.0. The molecule has 1 fully saturated rings. The van der Waals surface area contributed by atoms with E-state index in [1.54, 1.807) is 18.3 Å². The lowest BCUT2D eigenvalue weighted by molar-refractivity contribution is -0.0498. The van der Waals surface area contributed by atoms with E-state index in [4.69, 9.17) is 6.57 Å². The quantitative estimate of drug-likeness (QED) is 0.601. The molecule has 2 amide bonds. The predicted octanol–water partition coefficient (Wildman–Crippen LogP) is 4.67. The van der Waals surface area contributed by atoms with Crippen molar-refractivity contribution in [3.05, 3.63) is 72.1 Å². The van der Waals surface area contributed by atoms with Crippen LogP contribution in [0.2, 0.25) is 0 Å². The number of ether oxygens (including phenoxy) is 1. The van der Waals surface area contributed by atoms with Crippen LogP contribution in [0.15, 0.2) is 54.9 Å². The first-order valence-corrected chi connectivity index (χ1v) is 8.54. The largest absolute Gasteiger partial charge is 0.435 e. The molecule has 0 unspecified atom stereocenters. The third-order valence-corrected chi connectivity index (χ3v) is 4.57. The lowest BCUT2D eigenvalue weighted by Gasteiger charge is -2.19. The number of pyridine rings is 1. The summed E-state index contributed by atoms with van der Waals surface area (Å²) in [5.41, 5.74) is 0.175. The highest BCUT2D eigenvalue weighted by Crippen LogP contribution is 2.35. The van der Waals surface area contributed by atoms with Gasteiger partial charge in [-0.2, -0.15) is 8.78 Å². The minimum absolute atomic E-state index is 0.138. The summed E-state index contributed by atoms with van der Waals surface area (Å²) in [5, 5.41) is 1.49. The average molecular weight is 398 g/mol. The van der Waals surface area contributed by atoms with E-state index in [0.717, 1.165) is 28.5 Å². The predicted molar refractivity (Wildman–Crippen MR) is 100 cm³/mol. The third-order valence-electron chi connectivity index (χ3n) is 4.57. The van der Waals surface area contributed by atoms with Gasteiger partial charge in [0.15, 0.2) is 0 Å². The van der Waals surface area contributed by atoms with Gasteiger partial charge in [-0.15, -0.1) is 0 Å². The topological polar surface area (TPSA) is 50.0 Å². The van der Waals surface area contributed by atoms with Crippen LogP contribution in [-0.4, -0.2) is 30.3 Å². The van der Waals surface area contributed by atoms with Crippen LogP contribution in [0.4, 0.5) is 29.3 Å². The van der Waals surface area contributed by atoms with Crippen molar-refractivity contribution in [2.45, 2.75) is 12.8 Å². The average Bonchev–Trinajstić information content (AvgIpc) is 3.04. The fourth-order valence-corrected chi connectivity index (χ4v) is 3.31. The first-order valence-electron chi connectivity index (χ1n) is 8.54. The number of carbonyl (C=O) groups is 1. The smallest absolute Gasteiger partial charge is 0.387 e. The van der Waals surface area contributed by atoms with Gasteiger partial charge in [-0.05, 0) is 12.1 Å². The first kappa shape index (κ1) is 18.6. The number of rotatable bonds is 4. The maximum atomic E-state index is 14.4. The van der Waals surface area contributed by atoms with Gasteiger partial charge in [0, 0.05) is 23.0 Å². The van der Waals surface area contributed by atoms with Gasteiger partial charge in [-0.25, -0.2) is 20.7 Å². The number of hydrogen-bond acceptors (Lipinski definition) is 3. The molecule has 146 valence electrons. The van der Waals surface area contributed by atoms with E-state index in [1.165, 1.54) is 11.1 Å². The molecular formula is C20H13F3N4O2. The van der Waals surface area contributed by atoms with Gasteiger partial charge in [0.1, 0.15) is 18.1 Å². The molecule has 0 spiro atoms. The van der Waals surface area contributed by atoms with E-state index in [9.17, 15) is 18.0 Å². The van der Waals surface area contributed by atoms with Crippen LogP contribution >= 0.6 is 0 Å². The Labute approximate surface area is 163 Å². The van der Waals surface area contributed by atoms with Crippen molar-refractivity contribution in [3.8, 4) is 5.75 Å². The van der Waals surface area contributed by atoms with Crippen molar-refractivity contribution < 1.29 is 22.7 Å². The highest BCUT2D eigenvalue weighted by molar-refractivity contribution is 6.11. The number of fused-ring (bicyclic) bond motifs is 1. The van der Waals surface area contributed by atoms with E-state index in [0.29, 0.717) is 11.1 Å². The number of urea groups is 1. The number of aromatic nitrogens is 1. The molecule has 0 bridgehead atoms. The van der Waals surface area contributed by atoms with E-state index >= 15 is 0 Å². The molecule has 1 aliphatic heterocycles. The normalized spacial score (nSPS) is 16.5. The Morgan fingerprint density at radius 3 is 2.72 bits per heavy atom. The summed E-state index contributed by atoms with van der Waals surface area (Å²) in [5.74, 6) is -1.07. The van der Waals surface area contributed by atoms with Crippen LogP contribution in [0.5, 0.6) is 5.75 Å². The van der Waals surface area contributed by atoms with Crippen LogP contribution in [0.3, 0.4) is 0 Å². The van der Waals surface area contributed by atoms with E-state index < -0.39 is 24.6 Å². The Hall–Kier alpha value is -3.80. The molecule has 2 heterocycles. The van der Waals surface area contributed by atoms with Gasteiger partial charge in [-0.1, -0.05) is 24.3 Å². The highest BCUT2D eigenvalue weighted by Gasteiger charge is 2.45. The van der Waals surface area contributed by atoms with Gasteiger partial charge < -0.3 is 4.74 Å². The van der Waals surface area contributed by atoms with Gasteiger partial charge >= 0.3 is 18.8 Å². The summed E-state index contributed by atoms with van der Waals surface area (Å²) in [6, 6.07) is 9.58. The molecule has 9 heteroatoms. The molecule has 2 aromatic carbocycles. The summed E-state index contributed by atoms with van der Waals surface area (Å²) >= 11 is 0. The van der Waals surface area contributed by atoms with Crippen molar-refractivity contribution in [3.63, 3.8) is 0 Å². The number of alkyl halides is 2. The molecule has 0 saturated carbocycles. The van der Waals surface area contributed by atoms with Crippen LogP contribution < -0.4 is 14.5 Å². The second-order valence-electron chi connectivity index (χ2n) is 6.24. The fourth-order valence-electron chi connectivity index (χ4n) is 3.31. The zero-order valence-corrected chi connectivity index (χ0v) is 14.8.